The third kappa shape index (κ3) is 4.34. The predicted octanol–water partition coefficient (Wildman–Crippen LogP) is 12.5. The molecule has 4 heterocycles. The van der Waals surface area contributed by atoms with Crippen molar-refractivity contribution in [3.05, 3.63) is 168 Å². The summed E-state index contributed by atoms with van der Waals surface area (Å²) in [5.41, 5.74) is 12.4. The standard InChI is InChI=1S/C53H31N7/c1-57-44-15-7-3-11-35(44)39-19-21-41-37-13-5-9-17-46(37)59(52(41)50(39)57)48-26-34(33-24-31(28-54)23-32(25-33)29-55)27-49(43(48)30-56)60-47-18-10-6-14-38(47)42-22-20-40-36-12-4-8-16-45(36)58(2)51(40)53(42)60/h3-27H,1-2H3. The highest BCUT2D eigenvalue weighted by molar-refractivity contribution is 6.25. The first kappa shape index (κ1) is 33.6. The van der Waals surface area contributed by atoms with E-state index in [1.54, 1.807) is 6.07 Å². The van der Waals surface area contributed by atoms with Crippen LogP contribution in [0.4, 0.5) is 0 Å². The monoisotopic (exact) mass is 765 g/mol. The van der Waals surface area contributed by atoms with Crippen LogP contribution in [0.1, 0.15) is 16.7 Å². The van der Waals surface area contributed by atoms with Crippen molar-refractivity contribution in [2.24, 2.45) is 14.1 Å². The summed E-state index contributed by atoms with van der Waals surface area (Å²) < 4.78 is 9.05. The van der Waals surface area contributed by atoms with Gasteiger partial charge in [0, 0.05) is 68.2 Å². The molecule has 0 fully saturated rings. The number of aryl methyl sites for hydroxylation is 2. The molecule has 0 spiro atoms. The van der Waals surface area contributed by atoms with Crippen LogP contribution < -0.4 is 0 Å². The molecule has 12 aromatic rings. The van der Waals surface area contributed by atoms with Crippen LogP contribution >= 0.6 is 0 Å². The van der Waals surface area contributed by atoms with Crippen LogP contribution in [0.2, 0.25) is 0 Å². The van der Waals surface area contributed by atoms with E-state index in [0.29, 0.717) is 33.6 Å². The molecule has 7 nitrogen and oxygen atoms in total. The van der Waals surface area contributed by atoms with Crippen molar-refractivity contribution >= 4 is 87.2 Å². The first-order valence-corrected chi connectivity index (χ1v) is 19.8. The average molecular weight is 766 g/mol. The highest BCUT2D eigenvalue weighted by Crippen LogP contribution is 2.45. The molecule has 8 aromatic carbocycles. The molecule has 4 aromatic heterocycles. The fourth-order valence-electron chi connectivity index (χ4n) is 10.1. The Balaban J connectivity index is 1.32. The summed E-state index contributed by atoms with van der Waals surface area (Å²) in [7, 11) is 4.23. The molecule has 278 valence electrons. The van der Waals surface area contributed by atoms with Gasteiger partial charge in [-0.3, -0.25) is 0 Å². The van der Waals surface area contributed by atoms with Crippen LogP contribution in [-0.4, -0.2) is 18.3 Å². The van der Waals surface area contributed by atoms with Crippen molar-refractivity contribution in [2.45, 2.75) is 0 Å². The summed E-state index contributed by atoms with van der Waals surface area (Å²) in [6.07, 6.45) is 0. The van der Waals surface area contributed by atoms with Crippen molar-refractivity contribution in [1.29, 1.82) is 15.8 Å². The number of nitriles is 3. The number of rotatable bonds is 3. The Hall–Kier alpha value is -8.57. The van der Waals surface area contributed by atoms with Gasteiger partial charge in [0.1, 0.15) is 11.6 Å². The van der Waals surface area contributed by atoms with E-state index in [2.05, 4.69) is 172 Å². The van der Waals surface area contributed by atoms with Gasteiger partial charge in [-0.15, -0.1) is 0 Å². The van der Waals surface area contributed by atoms with Crippen LogP contribution in [0, 0.1) is 34.0 Å². The summed E-state index contributed by atoms with van der Waals surface area (Å²) >= 11 is 0. The van der Waals surface area contributed by atoms with Gasteiger partial charge >= 0.3 is 0 Å². The summed E-state index contributed by atoms with van der Waals surface area (Å²) in [5, 5.41) is 40.9. The van der Waals surface area contributed by atoms with Gasteiger partial charge in [0.2, 0.25) is 0 Å². The molecule has 0 aliphatic carbocycles. The smallest absolute Gasteiger partial charge is 0.104 e. The summed E-state index contributed by atoms with van der Waals surface area (Å²) in [5.74, 6) is 0. The first-order chi connectivity index (χ1) is 29.5. The van der Waals surface area contributed by atoms with Gasteiger partial charge in [0.15, 0.2) is 0 Å². The zero-order chi connectivity index (χ0) is 40.4. The van der Waals surface area contributed by atoms with Gasteiger partial charge < -0.3 is 18.3 Å². The van der Waals surface area contributed by atoms with Gasteiger partial charge in [-0.1, -0.05) is 97.1 Å². The fourth-order valence-corrected chi connectivity index (χ4v) is 10.1. The second kappa shape index (κ2) is 12.2. The van der Waals surface area contributed by atoms with E-state index < -0.39 is 0 Å². The Morgan fingerprint density at radius 2 is 0.700 bits per heavy atom. The normalized spacial score (nSPS) is 11.8. The van der Waals surface area contributed by atoms with E-state index in [4.69, 9.17) is 0 Å². The van der Waals surface area contributed by atoms with Gasteiger partial charge in [0.05, 0.1) is 67.7 Å². The number of fused-ring (bicyclic) bond motifs is 14. The molecular formula is C53H31N7. The van der Waals surface area contributed by atoms with Crippen LogP contribution in [0.15, 0.2) is 152 Å². The Morgan fingerprint density at radius 3 is 1.10 bits per heavy atom. The van der Waals surface area contributed by atoms with Crippen molar-refractivity contribution in [1.82, 2.24) is 18.3 Å². The minimum atomic E-state index is 0.389. The maximum absolute atomic E-state index is 11.7. The molecule has 0 radical (unpaired) electrons. The zero-order valence-electron chi connectivity index (χ0n) is 32.6. The van der Waals surface area contributed by atoms with Gasteiger partial charge in [-0.05, 0) is 65.7 Å². The molecule has 12 rings (SSSR count). The molecule has 0 aliphatic heterocycles. The largest absolute Gasteiger partial charge is 0.342 e. The first-order valence-electron chi connectivity index (χ1n) is 19.8. The van der Waals surface area contributed by atoms with Crippen LogP contribution in [0.3, 0.4) is 0 Å². The fraction of sp³-hybridized carbons (Fsp3) is 0.0377. The highest BCUT2D eigenvalue weighted by atomic mass is 15.1. The number of nitrogens with zero attached hydrogens (tertiary/aromatic N) is 7. The lowest BCUT2D eigenvalue weighted by Crippen LogP contribution is -2.06. The lowest BCUT2D eigenvalue weighted by atomic mass is 9.97. The molecule has 0 amide bonds. The number of benzene rings is 8. The minimum absolute atomic E-state index is 0.389. The van der Waals surface area contributed by atoms with E-state index in [-0.39, 0.29) is 0 Å². The molecule has 0 unspecified atom stereocenters. The molecule has 7 heteroatoms. The van der Waals surface area contributed by atoms with E-state index in [0.717, 1.165) is 92.8 Å². The Bertz CT molecular complexity index is 3770. The number of hydrogen-bond donors (Lipinski definition) is 0. The Labute approximate surface area is 343 Å². The second-order valence-electron chi connectivity index (χ2n) is 15.6. The van der Waals surface area contributed by atoms with Crippen molar-refractivity contribution < 1.29 is 0 Å². The third-order valence-corrected chi connectivity index (χ3v) is 12.6. The zero-order valence-corrected chi connectivity index (χ0v) is 32.6. The number of aromatic nitrogens is 4. The maximum Gasteiger partial charge on any atom is 0.104 e. The Morgan fingerprint density at radius 1 is 0.350 bits per heavy atom. The topological polar surface area (TPSA) is 91.1 Å². The van der Waals surface area contributed by atoms with Gasteiger partial charge in [-0.25, -0.2) is 0 Å². The second-order valence-corrected chi connectivity index (χ2v) is 15.6. The molecule has 0 bridgehead atoms. The SMILES string of the molecule is Cn1c2ccccc2c2ccc3c4ccccc4n(-c4cc(-c5cc(C#N)cc(C#N)c5)cc(-n5c6ccccc6c6ccc7c8ccccc8n(C)c7c65)c4C#N)c3c21. The lowest BCUT2D eigenvalue weighted by molar-refractivity contribution is 1.01. The van der Waals surface area contributed by atoms with Crippen molar-refractivity contribution in [2.75, 3.05) is 0 Å². The van der Waals surface area contributed by atoms with Crippen molar-refractivity contribution in [3.8, 4) is 40.7 Å². The summed E-state index contributed by atoms with van der Waals surface area (Å²) in [6.45, 7) is 0. The van der Waals surface area contributed by atoms with Gasteiger partial charge in [-0.2, -0.15) is 15.8 Å². The predicted molar refractivity (Wildman–Crippen MR) is 243 cm³/mol. The molecule has 0 N–H and O–H groups in total. The maximum atomic E-state index is 11.7. The van der Waals surface area contributed by atoms with E-state index in [9.17, 15) is 15.8 Å². The molecule has 0 aliphatic rings. The van der Waals surface area contributed by atoms with Crippen LogP contribution in [0.25, 0.3) is 110 Å². The Kier molecular flexibility index (Phi) is 6.83. The highest BCUT2D eigenvalue weighted by Gasteiger charge is 2.26. The number of hydrogen-bond acceptors (Lipinski definition) is 3. The van der Waals surface area contributed by atoms with Crippen LogP contribution in [0.5, 0.6) is 0 Å². The molecule has 60 heavy (non-hydrogen) atoms. The third-order valence-electron chi connectivity index (χ3n) is 12.6. The minimum Gasteiger partial charge on any atom is -0.342 e. The van der Waals surface area contributed by atoms with E-state index >= 15 is 0 Å². The van der Waals surface area contributed by atoms with E-state index in [1.165, 1.54) is 0 Å². The average Bonchev–Trinajstić information content (AvgIpc) is 4.00. The quantitative estimate of drug-likeness (QED) is 0.179. The summed E-state index contributed by atoms with van der Waals surface area (Å²) in [6, 6.07) is 59.3. The lowest BCUT2D eigenvalue weighted by Gasteiger charge is -2.19. The summed E-state index contributed by atoms with van der Waals surface area (Å²) in [4.78, 5) is 0. The van der Waals surface area contributed by atoms with Gasteiger partial charge in [0.25, 0.3) is 0 Å². The molecular weight excluding hydrogens is 735 g/mol. The van der Waals surface area contributed by atoms with Crippen LogP contribution in [-0.2, 0) is 14.1 Å². The molecule has 0 saturated carbocycles. The molecule has 0 saturated heterocycles. The number of para-hydroxylation sites is 4. The van der Waals surface area contributed by atoms with Crippen molar-refractivity contribution in [3.63, 3.8) is 0 Å². The van der Waals surface area contributed by atoms with E-state index in [1.807, 2.05) is 24.3 Å². The molecule has 0 atom stereocenters.